The zero-order valence-electron chi connectivity index (χ0n) is 17.1. The Bertz CT molecular complexity index is 1100. The van der Waals surface area contributed by atoms with Crippen LogP contribution in [0.5, 0.6) is 0 Å². The Hall–Kier alpha value is -1.20. The van der Waals surface area contributed by atoms with Gasteiger partial charge in [0.25, 0.3) is 0 Å². The van der Waals surface area contributed by atoms with Gasteiger partial charge >= 0.3 is 37.2 Å². The fourth-order valence-corrected chi connectivity index (χ4v) is 4.71. The summed E-state index contributed by atoms with van der Waals surface area (Å²) in [6, 6.07) is 0. The van der Waals surface area contributed by atoms with Crippen LogP contribution >= 0.6 is 0 Å². The van der Waals surface area contributed by atoms with E-state index in [9.17, 15) is 55.6 Å². The number of hydrogen-bond donors (Lipinski definition) is 8. The van der Waals surface area contributed by atoms with Crippen LogP contribution in [-0.2, 0) is 62.8 Å². The van der Waals surface area contributed by atoms with Crippen molar-refractivity contribution in [1.29, 1.82) is 0 Å². The maximum Gasteiger partial charge on any atom is 0.397 e. The molecule has 2 fully saturated rings. The van der Waals surface area contributed by atoms with Crippen molar-refractivity contribution in [3.63, 3.8) is 0 Å². The molecule has 2 heterocycles. The maximum absolute atomic E-state index is 11.6. The summed E-state index contributed by atoms with van der Waals surface area (Å²) in [4.78, 5) is 11.6. The van der Waals surface area contributed by atoms with Crippen LogP contribution in [0.15, 0.2) is 0 Å². The Balaban J connectivity index is 2.52. The van der Waals surface area contributed by atoms with Crippen molar-refractivity contribution in [3.8, 4) is 0 Å². The van der Waals surface area contributed by atoms with Crippen LogP contribution in [0.3, 0.4) is 0 Å². The fourth-order valence-electron chi connectivity index (χ4n) is 3.23. The molecule has 212 valence electrons. The monoisotopic (exact) mass is 596 g/mol. The summed E-state index contributed by atoms with van der Waals surface area (Å²) in [5, 5.41) is 49.1. The first kappa shape index (κ1) is 31.0. The van der Waals surface area contributed by atoms with Gasteiger partial charge in [0, 0.05) is 0 Å². The zero-order chi connectivity index (χ0) is 27.8. The fraction of sp³-hybridized carbons (Fsp3) is 0.917. The van der Waals surface area contributed by atoms with E-state index in [-0.39, 0.29) is 0 Å². The minimum atomic E-state index is -5.60. The normalized spacial score (nSPS) is 38.5. The number of aliphatic carboxylic acids is 1. The number of rotatable bonds is 10. The van der Waals surface area contributed by atoms with Crippen LogP contribution < -0.4 is 0 Å². The van der Waals surface area contributed by atoms with Crippen LogP contribution in [0.25, 0.3) is 0 Å². The van der Waals surface area contributed by atoms with Crippen molar-refractivity contribution >= 4 is 37.2 Å². The number of aliphatic hydroxyl groups excluding tert-OH is 4. The predicted molar refractivity (Wildman–Crippen MR) is 100 cm³/mol. The highest BCUT2D eigenvalue weighted by Gasteiger charge is 2.56. The standard InChI is InChI=1S/C12H20O21S3/c13-1-2-3(14)6(31-34(19,20)21)9(33-36(25,26)27)12(28-2)30-5-4(15)7(32-35(22,23)24)11(18)29-8(5)10(16)17/h2-9,11-15,18H,1H2,(H,16,17)(H,19,20,21)(H,22,23,24)(H,25,26,27)/t2-,3+,4+,5+,6?,7-,8+,9-,11+,12-/m1/s1. The molecule has 10 atom stereocenters. The first-order chi connectivity index (χ1) is 16.2. The Morgan fingerprint density at radius 1 is 0.722 bits per heavy atom. The molecule has 0 aromatic carbocycles. The van der Waals surface area contributed by atoms with Crippen molar-refractivity contribution < 1.29 is 96.0 Å². The van der Waals surface area contributed by atoms with E-state index in [2.05, 4.69) is 17.3 Å². The Kier molecular flexibility index (Phi) is 9.71. The molecule has 0 amide bonds. The van der Waals surface area contributed by atoms with Gasteiger partial charge in [0.15, 0.2) is 30.9 Å². The highest BCUT2D eigenvalue weighted by Crippen LogP contribution is 2.33. The number of aliphatic hydroxyl groups is 4. The lowest BCUT2D eigenvalue weighted by Crippen LogP contribution is -2.66. The molecule has 2 rings (SSSR count). The summed E-state index contributed by atoms with van der Waals surface area (Å²) in [7, 11) is -16.5. The lowest BCUT2D eigenvalue weighted by Gasteiger charge is -2.45. The summed E-state index contributed by atoms with van der Waals surface area (Å²) in [6.45, 7) is -1.19. The van der Waals surface area contributed by atoms with Gasteiger partial charge in [-0.25, -0.2) is 17.3 Å². The van der Waals surface area contributed by atoms with Crippen molar-refractivity contribution in [3.05, 3.63) is 0 Å². The molecule has 0 aromatic heterocycles. The van der Waals surface area contributed by atoms with Crippen LogP contribution in [0.2, 0.25) is 0 Å². The van der Waals surface area contributed by atoms with Gasteiger partial charge in [0.1, 0.15) is 30.5 Å². The smallest absolute Gasteiger partial charge is 0.397 e. The van der Waals surface area contributed by atoms with Gasteiger partial charge in [-0.3, -0.25) is 13.7 Å². The van der Waals surface area contributed by atoms with Crippen molar-refractivity contribution in [2.75, 3.05) is 6.61 Å². The van der Waals surface area contributed by atoms with E-state index in [0.29, 0.717) is 0 Å². The molecule has 2 aliphatic rings. The zero-order valence-corrected chi connectivity index (χ0v) is 19.5. The third kappa shape index (κ3) is 8.15. The molecular formula is C12H20O21S3. The maximum atomic E-state index is 11.6. The van der Waals surface area contributed by atoms with E-state index in [1.165, 1.54) is 0 Å². The summed E-state index contributed by atoms with van der Waals surface area (Å²) >= 11 is 0. The topological polar surface area (TPSA) is 337 Å². The van der Waals surface area contributed by atoms with Gasteiger partial charge in [-0.1, -0.05) is 0 Å². The number of ether oxygens (including phenoxy) is 3. The lowest BCUT2D eigenvalue weighted by atomic mass is 9.97. The van der Waals surface area contributed by atoms with Crippen LogP contribution in [0.4, 0.5) is 0 Å². The Labute approximate surface area is 201 Å². The Morgan fingerprint density at radius 3 is 1.64 bits per heavy atom. The molecule has 36 heavy (non-hydrogen) atoms. The largest absolute Gasteiger partial charge is 0.479 e. The van der Waals surface area contributed by atoms with E-state index < -0.39 is 105 Å². The predicted octanol–water partition coefficient (Wildman–Crippen LogP) is -5.82. The average Bonchev–Trinajstić information content (AvgIpc) is 2.68. The van der Waals surface area contributed by atoms with Gasteiger partial charge in [-0.15, -0.1) is 0 Å². The molecule has 0 saturated carbocycles. The Morgan fingerprint density at radius 2 is 1.19 bits per heavy atom. The quantitative estimate of drug-likeness (QED) is 0.109. The van der Waals surface area contributed by atoms with Crippen LogP contribution in [-0.4, -0.2) is 138 Å². The molecule has 1 unspecified atom stereocenters. The molecule has 0 radical (unpaired) electrons. The average molecular weight is 596 g/mol. The van der Waals surface area contributed by atoms with Gasteiger partial charge in [0.2, 0.25) is 0 Å². The molecule has 0 aliphatic carbocycles. The van der Waals surface area contributed by atoms with Crippen molar-refractivity contribution in [2.45, 2.75) is 61.4 Å². The van der Waals surface area contributed by atoms with Gasteiger partial charge < -0.3 is 39.7 Å². The lowest BCUT2D eigenvalue weighted by molar-refractivity contribution is -0.343. The SMILES string of the molecule is O=C(O)[C@H]1O[C@H](O)[C@H](OS(=O)(=O)O)[C@@H](O)[C@@H]1O[C@H]1O[C@H](CO)[C@H](O)C(OS(=O)(=O)O)[C@H]1OS(=O)(=O)O. The molecule has 2 aliphatic heterocycles. The van der Waals surface area contributed by atoms with Crippen molar-refractivity contribution in [1.82, 2.24) is 0 Å². The van der Waals surface area contributed by atoms with Crippen LogP contribution in [0, 0.1) is 0 Å². The summed E-state index contributed by atoms with van der Waals surface area (Å²) in [5.74, 6) is -2.00. The van der Waals surface area contributed by atoms with E-state index in [1.807, 2.05) is 0 Å². The second-order valence-corrected chi connectivity index (χ2v) is 10.2. The molecule has 0 spiro atoms. The molecular weight excluding hydrogens is 576 g/mol. The molecule has 2 saturated heterocycles. The highest BCUT2D eigenvalue weighted by molar-refractivity contribution is 7.81. The number of carbonyl (C=O) groups is 1. The third-order valence-corrected chi connectivity index (χ3v) is 5.97. The second-order valence-electron chi connectivity index (χ2n) is 7.06. The molecule has 24 heteroatoms. The molecule has 0 bridgehead atoms. The van der Waals surface area contributed by atoms with E-state index in [1.54, 1.807) is 0 Å². The van der Waals surface area contributed by atoms with Gasteiger partial charge in [-0.05, 0) is 0 Å². The van der Waals surface area contributed by atoms with E-state index >= 15 is 0 Å². The number of carboxylic acid groups (broad SMARTS) is 1. The number of hydrogen-bond acceptors (Lipinski definition) is 17. The molecule has 21 nitrogen and oxygen atoms in total. The number of carboxylic acids is 1. The van der Waals surface area contributed by atoms with Gasteiger partial charge in [-0.2, -0.15) is 25.3 Å². The minimum Gasteiger partial charge on any atom is -0.479 e. The first-order valence-electron chi connectivity index (χ1n) is 9.05. The molecule has 8 N–H and O–H groups in total. The second kappa shape index (κ2) is 11.3. The first-order valence-corrected chi connectivity index (χ1v) is 13.1. The summed E-state index contributed by atoms with van der Waals surface area (Å²) in [5.41, 5.74) is 0. The highest BCUT2D eigenvalue weighted by atomic mass is 32.3. The summed E-state index contributed by atoms with van der Waals surface area (Å²) < 4.78 is 121. The van der Waals surface area contributed by atoms with E-state index in [0.717, 1.165) is 0 Å². The van der Waals surface area contributed by atoms with Gasteiger partial charge in [0.05, 0.1) is 6.61 Å². The minimum absolute atomic E-state index is 1.19. The molecule has 0 aromatic rings. The van der Waals surface area contributed by atoms with Crippen LogP contribution in [0.1, 0.15) is 0 Å². The van der Waals surface area contributed by atoms with E-state index in [4.69, 9.17) is 23.1 Å². The third-order valence-electron chi connectivity index (χ3n) is 4.57. The summed E-state index contributed by atoms with van der Waals surface area (Å²) in [6.07, 6.45) is -24.4. The van der Waals surface area contributed by atoms with Crippen molar-refractivity contribution in [2.24, 2.45) is 0 Å².